The highest BCUT2D eigenvalue weighted by atomic mass is 35.5. The molecule has 1 unspecified atom stereocenters. The first-order valence-electron chi connectivity index (χ1n) is 5.47. The molecule has 92 valence electrons. The zero-order valence-corrected chi connectivity index (χ0v) is 10.5. The number of hydrogen-bond donors (Lipinski definition) is 2. The van der Waals surface area contributed by atoms with Crippen molar-refractivity contribution in [2.75, 3.05) is 13.1 Å². The molecule has 0 amide bonds. The van der Waals surface area contributed by atoms with E-state index >= 15 is 0 Å². The third kappa shape index (κ3) is 4.01. The van der Waals surface area contributed by atoms with Crippen LogP contribution in [0.15, 0.2) is 18.2 Å². The van der Waals surface area contributed by atoms with Gasteiger partial charge in [0, 0.05) is 36.1 Å². The lowest BCUT2D eigenvalue weighted by atomic mass is 10.1. The number of benzene rings is 1. The number of nitrogens with one attached hydrogen (secondary N) is 1. The topological polar surface area (TPSA) is 38.0 Å². The maximum absolute atomic E-state index is 13.7. The second kappa shape index (κ2) is 7.29. The van der Waals surface area contributed by atoms with Crippen molar-refractivity contribution in [3.05, 3.63) is 34.6 Å². The van der Waals surface area contributed by atoms with Crippen molar-refractivity contribution in [2.24, 2.45) is 5.73 Å². The Morgan fingerprint density at radius 2 is 2.29 bits per heavy atom. The van der Waals surface area contributed by atoms with Crippen molar-refractivity contribution in [2.45, 2.75) is 19.4 Å². The number of rotatable bonds is 5. The lowest BCUT2D eigenvalue weighted by Crippen LogP contribution is -2.30. The van der Waals surface area contributed by atoms with E-state index in [1.54, 1.807) is 19.1 Å². The Bertz CT molecular complexity index is 403. The number of hydrogen-bond acceptors (Lipinski definition) is 2. The van der Waals surface area contributed by atoms with E-state index in [-0.39, 0.29) is 11.9 Å². The molecule has 1 aromatic carbocycles. The fourth-order valence-corrected chi connectivity index (χ4v) is 1.88. The van der Waals surface area contributed by atoms with Gasteiger partial charge in [0.15, 0.2) is 0 Å². The highest BCUT2D eigenvalue weighted by Crippen LogP contribution is 2.25. The van der Waals surface area contributed by atoms with Crippen molar-refractivity contribution in [1.82, 2.24) is 5.32 Å². The lowest BCUT2D eigenvalue weighted by Gasteiger charge is -2.18. The van der Waals surface area contributed by atoms with E-state index in [1.807, 2.05) is 0 Å². The molecule has 3 N–H and O–H groups in total. The smallest absolute Gasteiger partial charge is 0.129 e. The molecule has 0 aliphatic heterocycles. The van der Waals surface area contributed by atoms with E-state index in [2.05, 4.69) is 17.2 Å². The average Bonchev–Trinajstić information content (AvgIpc) is 2.31. The van der Waals surface area contributed by atoms with Crippen LogP contribution in [0.25, 0.3) is 0 Å². The van der Waals surface area contributed by atoms with Crippen LogP contribution in [0, 0.1) is 17.7 Å². The van der Waals surface area contributed by atoms with E-state index in [4.69, 9.17) is 17.3 Å². The molecule has 0 aromatic heterocycles. The molecule has 17 heavy (non-hydrogen) atoms. The van der Waals surface area contributed by atoms with Gasteiger partial charge in [-0.3, -0.25) is 0 Å². The van der Waals surface area contributed by atoms with Gasteiger partial charge in [0.25, 0.3) is 0 Å². The van der Waals surface area contributed by atoms with Crippen LogP contribution in [0.2, 0.25) is 5.02 Å². The first-order chi connectivity index (χ1) is 8.20. The van der Waals surface area contributed by atoms with Gasteiger partial charge in [-0.2, -0.15) is 0 Å². The Labute approximate surface area is 106 Å². The third-order valence-electron chi connectivity index (χ3n) is 2.40. The Morgan fingerprint density at radius 3 is 2.88 bits per heavy atom. The predicted molar refractivity (Wildman–Crippen MR) is 69.3 cm³/mol. The van der Waals surface area contributed by atoms with Crippen molar-refractivity contribution in [1.29, 1.82) is 0 Å². The van der Waals surface area contributed by atoms with Crippen molar-refractivity contribution < 1.29 is 4.39 Å². The molecule has 0 heterocycles. The van der Waals surface area contributed by atoms with Crippen LogP contribution in [0.3, 0.4) is 0 Å². The van der Waals surface area contributed by atoms with E-state index in [1.165, 1.54) is 6.07 Å². The van der Waals surface area contributed by atoms with Crippen LogP contribution >= 0.6 is 11.6 Å². The van der Waals surface area contributed by atoms with Gasteiger partial charge in [0.05, 0.1) is 0 Å². The minimum absolute atomic E-state index is 0.276. The first kappa shape index (κ1) is 14.0. The molecule has 0 radical (unpaired) electrons. The molecule has 2 nitrogen and oxygen atoms in total. The molecule has 4 heteroatoms. The fraction of sp³-hybridized carbons (Fsp3) is 0.385. The summed E-state index contributed by atoms with van der Waals surface area (Å²) in [4.78, 5) is 0. The zero-order valence-electron chi connectivity index (χ0n) is 9.76. The van der Waals surface area contributed by atoms with Crippen molar-refractivity contribution in [3.63, 3.8) is 0 Å². The summed E-state index contributed by atoms with van der Waals surface area (Å²) in [5, 5.41) is 3.55. The van der Waals surface area contributed by atoms with Crippen LogP contribution in [0.5, 0.6) is 0 Å². The van der Waals surface area contributed by atoms with Crippen LogP contribution < -0.4 is 11.1 Å². The van der Waals surface area contributed by atoms with Gasteiger partial charge in [-0.05, 0) is 19.1 Å². The molecule has 0 aliphatic rings. The van der Waals surface area contributed by atoms with Gasteiger partial charge in [-0.25, -0.2) is 4.39 Å². The summed E-state index contributed by atoms with van der Waals surface area (Å²) in [7, 11) is 0. The van der Waals surface area contributed by atoms with E-state index < -0.39 is 0 Å². The quantitative estimate of drug-likeness (QED) is 0.626. The van der Waals surface area contributed by atoms with Gasteiger partial charge in [-0.15, -0.1) is 11.8 Å². The van der Waals surface area contributed by atoms with Gasteiger partial charge < -0.3 is 11.1 Å². The third-order valence-corrected chi connectivity index (χ3v) is 2.73. The summed E-state index contributed by atoms with van der Waals surface area (Å²) in [5.41, 5.74) is 6.07. The van der Waals surface area contributed by atoms with Crippen molar-refractivity contribution in [3.8, 4) is 11.8 Å². The average molecular weight is 255 g/mol. The van der Waals surface area contributed by atoms with E-state index in [0.717, 1.165) is 0 Å². The Kier molecular flexibility index (Phi) is 5.99. The molecular formula is C13H16ClFN2. The molecular weight excluding hydrogens is 239 g/mol. The molecule has 0 spiro atoms. The molecule has 0 aliphatic carbocycles. The molecule has 1 aromatic rings. The molecule has 0 fully saturated rings. The molecule has 0 saturated heterocycles. The first-order valence-corrected chi connectivity index (χ1v) is 5.85. The Hall–Kier alpha value is -1.08. The summed E-state index contributed by atoms with van der Waals surface area (Å²) in [6.45, 7) is 2.74. The minimum Gasteiger partial charge on any atom is -0.329 e. The molecule has 0 bridgehead atoms. The maximum atomic E-state index is 13.7. The SMILES string of the molecule is CC#CCCNC(CN)c1c(F)cccc1Cl. The molecule has 0 saturated carbocycles. The van der Waals surface area contributed by atoms with Crippen LogP contribution in [0.1, 0.15) is 24.9 Å². The summed E-state index contributed by atoms with van der Waals surface area (Å²) in [5.74, 6) is 5.40. The second-order valence-electron chi connectivity index (χ2n) is 3.55. The monoisotopic (exact) mass is 254 g/mol. The minimum atomic E-state index is -0.331. The molecule has 1 rings (SSSR count). The standard InChI is InChI=1S/C13H16ClFN2/c1-2-3-4-8-17-12(9-16)13-10(14)6-5-7-11(13)15/h5-7,12,17H,4,8-9,16H2,1H3. The van der Waals surface area contributed by atoms with Gasteiger partial charge in [-0.1, -0.05) is 17.7 Å². The largest absolute Gasteiger partial charge is 0.329 e. The normalized spacial score (nSPS) is 11.8. The maximum Gasteiger partial charge on any atom is 0.129 e. The Morgan fingerprint density at radius 1 is 1.53 bits per heavy atom. The van der Waals surface area contributed by atoms with Crippen LogP contribution in [-0.2, 0) is 0 Å². The second-order valence-corrected chi connectivity index (χ2v) is 3.96. The number of halogens is 2. The van der Waals surface area contributed by atoms with Crippen LogP contribution in [-0.4, -0.2) is 13.1 Å². The predicted octanol–water partition coefficient (Wildman–Crippen LogP) is 2.48. The fourth-order valence-electron chi connectivity index (χ4n) is 1.58. The summed E-state index contributed by atoms with van der Waals surface area (Å²) in [6, 6.07) is 4.35. The van der Waals surface area contributed by atoms with Crippen molar-refractivity contribution >= 4 is 11.6 Å². The highest BCUT2D eigenvalue weighted by Gasteiger charge is 2.16. The highest BCUT2D eigenvalue weighted by molar-refractivity contribution is 6.31. The summed E-state index contributed by atoms with van der Waals surface area (Å²) in [6.07, 6.45) is 0.707. The Balaban J connectivity index is 2.74. The van der Waals surface area contributed by atoms with E-state index in [0.29, 0.717) is 30.1 Å². The van der Waals surface area contributed by atoms with Gasteiger partial charge >= 0.3 is 0 Å². The summed E-state index contributed by atoms with van der Waals surface area (Å²) >= 11 is 5.98. The summed E-state index contributed by atoms with van der Waals surface area (Å²) < 4.78 is 13.7. The van der Waals surface area contributed by atoms with Crippen LogP contribution in [0.4, 0.5) is 4.39 Å². The number of nitrogens with two attached hydrogens (primary N) is 1. The molecule has 1 atom stereocenters. The zero-order chi connectivity index (χ0) is 12.7. The lowest BCUT2D eigenvalue weighted by molar-refractivity contribution is 0.512. The van der Waals surface area contributed by atoms with Gasteiger partial charge in [0.1, 0.15) is 5.82 Å². The van der Waals surface area contributed by atoms with Gasteiger partial charge in [0.2, 0.25) is 0 Å². The van der Waals surface area contributed by atoms with E-state index in [9.17, 15) is 4.39 Å².